The second-order valence-corrected chi connectivity index (χ2v) is 8.55. The van der Waals surface area contributed by atoms with Gasteiger partial charge in [-0.15, -0.1) is 0 Å². The minimum atomic E-state index is 0.594. The Morgan fingerprint density at radius 3 is 2.33 bits per heavy atom. The summed E-state index contributed by atoms with van der Waals surface area (Å²) in [5, 5.41) is 0. The van der Waals surface area contributed by atoms with E-state index in [0.29, 0.717) is 5.92 Å². The summed E-state index contributed by atoms with van der Waals surface area (Å²) in [5.74, 6) is 1.36. The van der Waals surface area contributed by atoms with Crippen LogP contribution in [0.5, 0.6) is 0 Å². The van der Waals surface area contributed by atoms with Gasteiger partial charge in [-0.05, 0) is 75.3 Å². The van der Waals surface area contributed by atoms with E-state index in [1.807, 2.05) is 0 Å². The lowest BCUT2D eigenvalue weighted by Crippen LogP contribution is -2.49. The number of aryl methyl sites for hydroxylation is 2. The fourth-order valence-corrected chi connectivity index (χ4v) is 5.43. The van der Waals surface area contributed by atoms with E-state index in [-0.39, 0.29) is 0 Å². The molecule has 3 nitrogen and oxygen atoms in total. The molecule has 3 heteroatoms. The van der Waals surface area contributed by atoms with Crippen LogP contribution in [0.1, 0.15) is 54.7 Å². The van der Waals surface area contributed by atoms with Gasteiger partial charge < -0.3 is 9.32 Å². The zero-order valence-corrected chi connectivity index (χ0v) is 16.5. The summed E-state index contributed by atoms with van der Waals surface area (Å²) in [7, 11) is 2.32. The Morgan fingerprint density at radius 1 is 0.963 bits per heavy atom. The quantitative estimate of drug-likeness (QED) is 0.575. The monoisotopic (exact) mass is 360 g/mol. The molecule has 0 amide bonds. The zero-order valence-electron chi connectivity index (χ0n) is 16.5. The van der Waals surface area contributed by atoms with Gasteiger partial charge in [-0.1, -0.05) is 36.8 Å². The van der Waals surface area contributed by atoms with Crippen molar-refractivity contribution >= 4 is 11.1 Å². The van der Waals surface area contributed by atoms with Crippen molar-refractivity contribution in [2.45, 2.75) is 64.0 Å². The van der Waals surface area contributed by atoms with Gasteiger partial charge in [-0.3, -0.25) is 0 Å². The van der Waals surface area contributed by atoms with E-state index in [4.69, 9.17) is 9.40 Å². The highest BCUT2D eigenvalue weighted by Crippen LogP contribution is 2.43. The fourth-order valence-electron chi connectivity index (χ4n) is 5.43. The molecule has 2 fully saturated rings. The van der Waals surface area contributed by atoms with Gasteiger partial charge in [0.1, 0.15) is 5.52 Å². The highest BCUT2D eigenvalue weighted by molar-refractivity contribution is 5.81. The lowest BCUT2D eigenvalue weighted by molar-refractivity contribution is 0.0558. The van der Waals surface area contributed by atoms with Crippen LogP contribution in [0.15, 0.2) is 40.8 Å². The maximum Gasteiger partial charge on any atom is 0.227 e. The lowest BCUT2D eigenvalue weighted by atomic mass is 9.76. The van der Waals surface area contributed by atoms with E-state index in [1.165, 1.54) is 48.8 Å². The molecule has 2 atom stereocenters. The molecule has 3 heterocycles. The molecular formula is C24H28N2O. The molecule has 2 aromatic carbocycles. The van der Waals surface area contributed by atoms with Crippen molar-refractivity contribution in [3.63, 3.8) is 0 Å². The predicted molar refractivity (Wildman–Crippen MR) is 110 cm³/mol. The van der Waals surface area contributed by atoms with Crippen LogP contribution < -0.4 is 0 Å². The van der Waals surface area contributed by atoms with Crippen molar-refractivity contribution in [2.75, 3.05) is 7.05 Å². The topological polar surface area (TPSA) is 29.3 Å². The third kappa shape index (κ3) is 2.80. The summed E-state index contributed by atoms with van der Waals surface area (Å²) < 4.78 is 6.24. The van der Waals surface area contributed by atoms with E-state index in [0.717, 1.165) is 34.6 Å². The van der Waals surface area contributed by atoms with Crippen LogP contribution in [0.4, 0.5) is 0 Å². The summed E-state index contributed by atoms with van der Waals surface area (Å²) >= 11 is 0. The first-order valence-corrected chi connectivity index (χ1v) is 10.3. The zero-order chi connectivity index (χ0) is 18.5. The molecule has 27 heavy (non-hydrogen) atoms. The molecule has 2 aliphatic heterocycles. The van der Waals surface area contributed by atoms with Crippen LogP contribution in [-0.4, -0.2) is 29.0 Å². The molecule has 2 bridgehead atoms. The molecule has 0 saturated carbocycles. The smallest absolute Gasteiger partial charge is 0.227 e. The average Bonchev–Trinajstić information content (AvgIpc) is 3.05. The van der Waals surface area contributed by atoms with E-state index >= 15 is 0 Å². The van der Waals surface area contributed by atoms with Crippen LogP contribution in [0, 0.1) is 13.8 Å². The highest BCUT2D eigenvalue weighted by atomic mass is 16.3. The Labute approximate surface area is 161 Å². The van der Waals surface area contributed by atoms with Crippen molar-refractivity contribution in [3.8, 4) is 11.5 Å². The first kappa shape index (κ1) is 17.0. The number of piperidine rings is 2. The summed E-state index contributed by atoms with van der Waals surface area (Å²) in [4.78, 5) is 7.64. The van der Waals surface area contributed by atoms with Crippen molar-refractivity contribution in [1.29, 1.82) is 0 Å². The maximum absolute atomic E-state index is 6.24. The third-order valence-electron chi connectivity index (χ3n) is 6.92. The van der Waals surface area contributed by atoms with Crippen molar-refractivity contribution in [1.82, 2.24) is 9.88 Å². The van der Waals surface area contributed by atoms with E-state index < -0.39 is 0 Å². The number of aromatic nitrogens is 1. The summed E-state index contributed by atoms with van der Waals surface area (Å²) in [6.45, 7) is 4.27. The first-order valence-electron chi connectivity index (χ1n) is 10.3. The molecule has 3 aromatic rings. The van der Waals surface area contributed by atoms with E-state index in [9.17, 15) is 0 Å². The Kier molecular flexibility index (Phi) is 4.08. The first-order chi connectivity index (χ1) is 13.1. The molecule has 140 valence electrons. The molecule has 2 saturated heterocycles. The van der Waals surface area contributed by atoms with Crippen LogP contribution in [-0.2, 0) is 0 Å². The van der Waals surface area contributed by atoms with Crippen molar-refractivity contribution in [3.05, 3.63) is 53.1 Å². The van der Waals surface area contributed by atoms with Crippen LogP contribution in [0.25, 0.3) is 22.6 Å². The normalized spacial score (nSPS) is 25.8. The number of hydrogen-bond donors (Lipinski definition) is 0. The van der Waals surface area contributed by atoms with Crippen LogP contribution >= 0.6 is 0 Å². The second kappa shape index (κ2) is 6.49. The Hall–Kier alpha value is -2.13. The Morgan fingerprint density at radius 2 is 1.63 bits per heavy atom. The summed E-state index contributed by atoms with van der Waals surface area (Å²) in [5.41, 5.74) is 6.96. The van der Waals surface area contributed by atoms with Crippen molar-refractivity contribution in [2.24, 2.45) is 0 Å². The molecule has 0 aliphatic carbocycles. The fraction of sp³-hybridized carbons (Fsp3) is 0.458. The van der Waals surface area contributed by atoms with Gasteiger partial charge in [0.15, 0.2) is 5.58 Å². The SMILES string of the molecule is Cc1cccc(C)c1-c1nc2c(C3CC4CCCC(C3)N4C)cccc2o1. The minimum Gasteiger partial charge on any atom is -0.436 e. The van der Waals surface area contributed by atoms with Gasteiger partial charge in [-0.2, -0.15) is 0 Å². The van der Waals surface area contributed by atoms with Gasteiger partial charge in [0.2, 0.25) is 5.89 Å². The molecule has 1 aromatic heterocycles. The highest BCUT2D eigenvalue weighted by Gasteiger charge is 2.37. The van der Waals surface area contributed by atoms with Gasteiger partial charge >= 0.3 is 0 Å². The Bertz CT molecular complexity index is 955. The largest absolute Gasteiger partial charge is 0.436 e. The lowest BCUT2D eigenvalue weighted by Gasteiger charge is -2.47. The number of nitrogens with zero attached hydrogens (tertiary/aromatic N) is 2. The number of para-hydroxylation sites is 1. The molecule has 0 N–H and O–H groups in total. The average molecular weight is 361 g/mol. The number of benzene rings is 2. The Balaban J connectivity index is 1.58. The van der Waals surface area contributed by atoms with Crippen molar-refractivity contribution < 1.29 is 4.42 Å². The standard InChI is InChI=1S/C24H28N2O/c1-15-7-4-8-16(2)22(15)24-25-23-20(11-6-12-21(23)27-24)17-13-18-9-5-10-19(14-17)26(18)3/h4,6-8,11-12,17-19H,5,9-10,13-14H2,1-3H3. The van der Waals surface area contributed by atoms with Crippen LogP contribution in [0.3, 0.4) is 0 Å². The molecular weight excluding hydrogens is 332 g/mol. The predicted octanol–water partition coefficient (Wildman–Crippen LogP) is 5.84. The van der Waals surface area contributed by atoms with Gasteiger partial charge in [0.25, 0.3) is 0 Å². The molecule has 0 spiro atoms. The molecule has 5 rings (SSSR count). The number of rotatable bonds is 2. The van der Waals surface area contributed by atoms with Gasteiger partial charge in [-0.25, -0.2) is 4.98 Å². The second-order valence-electron chi connectivity index (χ2n) is 8.55. The number of fused-ring (bicyclic) bond motifs is 3. The molecule has 2 aliphatic rings. The maximum atomic E-state index is 6.24. The number of oxazole rings is 1. The molecule has 0 radical (unpaired) electrons. The van der Waals surface area contributed by atoms with E-state index in [2.05, 4.69) is 62.2 Å². The van der Waals surface area contributed by atoms with Gasteiger partial charge in [0, 0.05) is 17.6 Å². The van der Waals surface area contributed by atoms with Gasteiger partial charge in [0.05, 0.1) is 0 Å². The van der Waals surface area contributed by atoms with E-state index in [1.54, 1.807) is 0 Å². The summed E-state index contributed by atoms with van der Waals surface area (Å²) in [6.07, 6.45) is 6.56. The number of hydrogen-bond acceptors (Lipinski definition) is 3. The summed E-state index contributed by atoms with van der Waals surface area (Å²) in [6, 6.07) is 14.3. The third-order valence-corrected chi connectivity index (χ3v) is 6.92. The van der Waals surface area contributed by atoms with Crippen LogP contribution in [0.2, 0.25) is 0 Å². The minimum absolute atomic E-state index is 0.594. The molecule has 2 unspecified atom stereocenters.